The number of rotatable bonds is 6. The van der Waals surface area contributed by atoms with Crippen molar-refractivity contribution in [3.8, 4) is 11.5 Å². The van der Waals surface area contributed by atoms with Gasteiger partial charge < -0.3 is 19.7 Å². The molecule has 154 valence electrons. The molecule has 0 aliphatic carbocycles. The average molecular weight is 417 g/mol. The lowest BCUT2D eigenvalue weighted by Crippen LogP contribution is -2.42. The van der Waals surface area contributed by atoms with Gasteiger partial charge in [-0.2, -0.15) is 0 Å². The first-order valence-corrected chi connectivity index (χ1v) is 9.93. The van der Waals surface area contributed by atoms with Gasteiger partial charge in [-0.05, 0) is 54.8 Å². The van der Waals surface area contributed by atoms with Crippen molar-refractivity contribution in [2.75, 3.05) is 27.3 Å². The summed E-state index contributed by atoms with van der Waals surface area (Å²) in [4.78, 5) is 26.9. The Kier molecular flexibility index (Phi) is 6.99. The summed E-state index contributed by atoms with van der Waals surface area (Å²) in [6.45, 7) is 1.55. The lowest BCUT2D eigenvalue weighted by molar-refractivity contribution is -0.126. The third-order valence-electron chi connectivity index (χ3n) is 5.16. The Morgan fingerprint density at radius 1 is 1.03 bits per heavy atom. The van der Waals surface area contributed by atoms with Crippen LogP contribution in [0.2, 0.25) is 5.02 Å². The molecule has 1 saturated heterocycles. The van der Waals surface area contributed by atoms with Crippen molar-refractivity contribution in [2.24, 2.45) is 5.92 Å². The van der Waals surface area contributed by atoms with Crippen molar-refractivity contribution in [1.29, 1.82) is 0 Å². The molecular weight excluding hydrogens is 392 g/mol. The Bertz CT molecular complexity index is 862. The molecule has 3 rings (SSSR count). The summed E-state index contributed by atoms with van der Waals surface area (Å²) in [6, 6.07) is 12.5. The summed E-state index contributed by atoms with van der Waals surface area (Å²) in [5.41, 5.74) is 1.55. The van der Waals surface area contributed by atoms with Crippen LogP contribution in [0.15, 0.2) is 42.5 Å². The number of ether oxygens (including phenoxy) is 2. The maximum absolute atomic E-state index is 12.6. The van der Waals surface area contributed by atoms with E-state index in [9.17, 15) is 9.59 Å². The molecule has 0 aromatic heterocycles. The Morgan fingerprint density at radius 3 is 2.31 bits per heavy atom. The summed E-state index contributed by atoms with van der Waals surface area (Å²) in [5, 5.41) is 3.59. The predicted molar refractivity (Wildman–Crippen MR) is 111 cm³/mol. The fourth-order valence-corrected chi connectivity index (χ4v) is 3.57. The van der Waals surface area contributed by atoms with Gasteiger partial charge in [0.15, 0.2) is 11.5 Å². The predicted octanol–water partition coefficient (Wildman–Crippen LogP) is 3.53. The Hall–Kier alpha value is -2.73. The molecule has 29 heavy (non-hydrogen) atoms. The Balaban J connectivity index is 1.50. The van der Waals surface area contributed by atoms with E-state index in [1.54, 1.807) is 43.4 Å². The van der Waals surface area contributed by atoms with Crippen LogP contribution in [0.5, 0.6) is 11.5 Å². The highest BCUT2D eigenvalue weighted by atomic mass is 35.5. The Morgan fingerprint density at radius 2 is 1.69 bits per heavy atom. The van der Waals surface area contributed by atoms with Gasteiger partial charge in [0.1, 0.15) is 0 Å². The van der Waals surface area contributed by atoms with E-state index in [0.717, 1.165) is 5.56 Å². The van der Waals surface area contributed by atoms with Crippen LogP contribution in [-0.4, -0.2) is 44.0 Å². The molecule has 2 aromatic rings. The van der Waals surface area contributed by atoms with Crippen LogP contribution in [0.25, 0.3) is 0 Å². The lowest BCUT2D eigenvalue weighted by atomic mass is 9.95. The van der Waals surface area contributed by atoms with Gasteiger partial charge in [-0.1, -0.05) is 17.7 Å². The zero-order valence-electron chi connectivity index (χ0n) is 16.6. The molecule has 0 spiro atoms. The zero-order valence-corrected chi connectivity index (χ0v) is 17.4. The number of hydrogen-bond acceptors (Lipinski definition) is 4. The van der Waals surface area contributed by atoms with Crippen molar-refractivity contribution < 1.29 is 19.1 Å². The van der Waals surface area contributed by atoms with Gasteiger partial charge in [-0.25, -0.2) is 0 Å². The van der Waals surface area contributed by atoms with Gasteiger partial charge in [0.05, 0.1) is 14.2 Å². The number of nitrogens with zero attached hydrogens (tertiary/aromatic N) is 1. The summed E-state index contributed by atoms with van der Waals surface area (Å²) in [5.74, 6) is 1.18. The number of piperidine rings is 1. The van der Waals surface area contributed by atoms with Gasteiger partial charge in [0, 0.05) is 36.1 Å². The maximum atomic E-state index is 12.6. The van der Waals surface area contributed by atoms with Gasteiger partial charge in [0.2, 0.25) is 5.91 Å². The highest BCUT2D eigenvalue weighted by molar-refractivity contribution is 6.30. The molecule has 0 unspecified atom stereocenters. The van der Waals surface area contributed by atoms with Gasteiger partial charge in [0.25, 0.3) is 5.91 Å². The molecule has 0 atom stereocenters. The van der Waals surface area contributed by atoms with Crippen LogP contribution in [0.4, 0.5) is 0 Å². The SMILES string of the molecule is COc1ccc(CNC(=O)C2CCN(C(=O)c3ccc(Cl)cc3)CC2)cc1OC. The molecule has 1 N–H and O–H groups in total. The third-order valence-corrected chi connectivity index (χ3v) is 5.41. The van der Waals surface area contributed by atoms with Crippen LogP contribution >= 0.6 is 11.6 Å². The number of hydrogen-bond donors (Lipinski definition) is 1. The minimum Gasteiger partial charge on any atom is -0.493 e. The number of carbonyl (C=O) groups excluding carboxylic acids is 2. The van der Waals surface area contributed by atoms with E-state index in [1.807, 2.05) is 18.2 Å². The van der Waals surface area contributed by atoms with E-state index in [2.05, 4.69) is 5.32 Å². The summed E-state index contributed by atoms with van der Waals surface area (Å²) in [6.07, 6.45) is 1.30. The van der Waals surface area contributed by atoms with Crippen LogP contribution in [0, 0.1) is 5.92 Å². The average Bonchev–Trinajstić information content (AvgIpc) is 2.77. The molecule has 1 aliphatic rings. The first-order valence-electron chi connectivity index (χ1n) is 9.55. The minimum absolute atomic E-state index is 0.0124. The van der Waals surface area contributed by atoms with Crippen molar-refractivity contribution in [3.05, 3.63) is 58.6 Å². The zero-order chi connectivity index (χ0) is 20.8. The molecule has 0 saturated carbocycles. The molecule has 0 radical (unpaired) electrons. The molecule has 2 amide bonds. The second-order valence-corrected chi connectivity index (χ2v) is 7.42. The number of benzene rings is 2. The fraction of sp³-hybridized carbons (Fsp3) is 0.364. The van der Waals surface area contributed by atoms with Crippen molar-refractivity contribution in [2.45, 2.75) is 19.4 Å². The van der Waals surface area contributed by atoms with Crippen LogP contribution in [0.3, 0.4) is 0 Å². The third kappa shape index (κ3) is 5.21. The van der Waals surface area contributed by atoms with Crippen molar-refractivity contribution in [1.82, 2.24) is 10.2 Å². The topological polar surface area (TPSA) is 67.9 Å². The molecule has 1 heterocycles. The van der Waals surface area contributed by atoms with E-state index < -0.39 is 0 Å². The first kappa shape index (κ1) is 21.0. The fourth-order valence-electron chi connectivity index (χ4n) is 3.44. The maximum Gasteiger partial charge on any atom is 0.253 e. The number of nitrogens with one attached hydrogen (secondary N) is 1. The molecular formula is C22H25ClN2O4. The molecule has 0 bridgehead atoms. The molecule has 1 fully saturated rings. The molecule has 6 nitrogen and oxygen atoms in total. The number of methoxy groups -OCH3 is 2. The van der Waals surface area contributed by atoms with Crippen molar-refractivity contribution in [3.63, 3.8) is 0 Å². The number of halogens is 1. The smallest absolute Gasteiger partial charge is 0.253 e. The van der Waals surface area contributed by atoms with E-state index in [4.69, 9.17) is 21.1 Å². The number of likely N-dealkylation sites (tertiary alicyclic amines) is 1. The van der Waals surface area contributed by atoms with E-state index in [-0.39, 0.29) is 17.7 Å². The van der Waals surface area contributed by atoms with Gasteiger partial charge in [-0.15, -0.1) is 0 Å². The van der Waals surface area contributed by atoms with Gasteiger partial charge >= 0.3 is 0 Å². The standard InChI is InChI=1S/C22H25ClN2O4/c1-28-19-8-3-15(13-20(19)29-2)14-24-21(26)16-9-11-25(12-10-16)22(27)17-4-6-18(23)7-5-17/h3-8,13,16H,9-12,14H2,1-2H3,(H,24,26). The van der Waals surface area contributed by atoms with Crippen LogP contribution in [-0.2, 0) is 11.3 Å². The first-order chi connectivity index (χ1) is 14.0. The second-order valence-electron chi connectivity index (χ2n) is 6.98. The molecule has 2 aromatic carbocycles. The Labute approximate surface area is 175 Å². The molecule has 1 aliphatic heterocycles. The summed E-state index contributed by atoms with van der Waals surface area (Å²) < 4.78 is 10.5. The quantitative estimate of drug-likeness (QED) is 0.782. The molecule has 7 heteroatoms. The van der Waals surface area contributed by atoms with E-state index in [1.165, 1.54) is 0 Å². The monoisotopic (exact) mass is 416 g/mol. The van der Waals surface area contributed by atoms with Crippen molar-refractivity contribution >= 4 is 23.4 Å². The normalized spacial score (nSPS) is 14.4. The van der Waals surface area contributed by atoms with Gasteiger partial charge in [-0.3, -0.25) is 9.59 Å². The van der Waals surface area contributed by atoms with Crippen LogP contribution in [0.1, 0.15) is 28.8 Å². The highest BCUT2D eigenvalue weighted by Crippen LogP contribution is 2.27. The second kappa shape index (κ2) is 9.65. The lowest BCUT2D eigenvalue weighted by Gasteiger charge is -2.31. The largest absolute Gasteiger partial charge is 0.493 e. The van der Waals surface area contributed by atoms with E-state index >= 15 is 0 Å². The van der Waals surface area contributed by atoms with E-state index in [0.29, 0.717) is 54.6 Å². The number of carbonyl (C=O) groups is 2. The summed E-state index contributed by atoms with van der Waals surface area (Å²) in [7, 11) is 3.17. The minimum atomic E-state index is -0.0931. The highest BCUT2D eigenvalue weighted by Gasteiger charge is 2.27. The number of amides is 2. The van der Waals surface area contributed by atoms with Crippen LogP contribution < -0.4 is 14.8 Å². The summed E-state index contributed by atoms with van der Waals surface area (Å²) >= 11 is 5.88.